The van der Waals surface area contributed by atoms with Crippen LogP contribution in [-0.2, 0) is 20.2 Å². The van der Waals surface area contributed by atoms with Gasteiger partial charge in [0, 0.05) is 27.8 Å². The number of β-lactam (4-membered cyclic amide) rings is 1. The number of aliphatic hydroxyl groups excluding tert-OH is 1. The van der Waals surface area contributed by atoms with E-state index in [1.165, 1.54) is 59.5 Å². The average molecular weight is 596 g/mol. The maximum Gasteiger partial charge on any atom is 0.356 e. The van der Waals surface area contributed by atoms with Crippen molar-refractivity contribution in [2.24, 2.45) is 0 Å². The van der Waals surface area contributed by atoms with E-state index in [0.717, 1.165) is 0 Å². The molecule has 212 valence electrons. The smallest absolute Gasteiger partial charge is 0.356 e. The van der Waals surface area contributed by atoms with Gasteiger partial charge in [-0.3, -0.25) is 13.6 Å². The van der Waals surface area contributed by atoms with Crippen LogP contribution in [0.1, 0.15) is 29.7 Å². The molecular weight excluding hydrogens is 568 g/mol. The summed E-state index contributed by atoms with van der Waals surface area (Å²) >= 11 is 0. The van der Waals surface area contributed by atoms with Crippen LogP contribution in [0.3, 0.4) is 0 Å². The monoisotopic (exact) mass is 595 g/mol. The van der Waals surface area contributed by atoms with Gasteiger partial charge >= 0.3 is 7.60 Å². The predicted molar refractivity (Wildman–Crippen MR) is 155 cm³/mol. The Morgan fingerprint density at radius 2 is 1.54 bits per heavy atom. The molecule has 4 aromatic rings. The second-order valence-corrected chi connectivity index (χ2v) is 13.0. The first-order chi connectivity index (χ1) is 19.5. The molecule has 0 aromatic heterocycles. The Kier molecular flexibility index (Phi) is 8.22. The number of para-hydroxylation sites is 1. The highest BCUT2D eigenvalue weighted by Crippen LogP contribution is 2.45. The molecule has 0 spiro atoms. The second kappa shape index (κ2) is 11.7. The number of nitrogens with zero attached hydrogens (tertiary/aromatic N) is 1. The Morgan fingerprint density at radius 3 is 2.15 bits per heavy atom. The van der Waals surface area contributed by atoms with Crippen LogP contribution in [-0.4, -0.2) is 41.1 Å². The molecule has 4 unspecified atom stereocenters. The summed E-state index contributed by atoms with van der Waals surface area (Å²) in [4.78, 5) is 33.5. The number of hydrogen-bond donors (Lipinski definition) is 4. The SMILES string of the molecule is O=C1C(S(=O)CCC(O)c2ccc(F)cc2)C(c2ccc(-c3ccc(P(=O)(O)O)cc3)cc2O)N1c1ccccc1. The fourth-order valence-electron chi connectivity index (χ4n) is 4.93. The Labute approximate surface area is 238 Å². The minimum Gasteiger partial charge on any atom is -0.508 e. The first kappa shape index (κ1) is 28.9. The van der Waals surface area contributed by atoms with Crippen molar-refractivity contribution >= 4 is 35.3 Å². The summed E-state index contributed by atoms with van der Waals surface area (Å²) in [6.07, 6.45) is -0.890. The van der Waals surface area contributed by atoms with Crippen molar-refractivity contribution < 1.29 is 38.0 Å². The lowest BCUT2D eigenvalue weighted by Gasteiger charge is -2.47. The molecule has 11 heteroatoms. The molecule has 41 heavy (non-hydrogen) atoms. The zero-order valence-corrected chi connectivity index (χ0v) is 23.3. The van der Waals surface area contributed by atoms with Gasteiger partial charge in [-0.25, -0.2) is 4.39 Å². The number of halogens is 1. The van der Waals surface area contributed by atoms with Gasteiger partial charge in [0.1, 0.15) is 16.8 Å². The van der Waals surface area contributed by atoms with Gasteiger partial charge in [0.15, 0.2) is 0 Å². The highest BCUT2D eigenvalue weighted by atomic mass is 32.2. The third-order valence-electron chi connectivity index (χ3n) is 7.10. The van der Waals surface area contributed by atoms with E-state index in [2.05, 4.69) is 0 Å². The third kappa shape index (κ3) is 6.02. The summed E-state index contributed by atoms with van der Waals surface area (Å²) < 4.78 is 38.2. The van der Waals surface area contributed by atoms with Crippen LogP contribution >= 0.6 is 7.60 Å². The predicted octanol–water partition coefficient (Wildman–Crippen LogP) is 4.33. The molecular formula is C30H27FNO7PS. The van der Waals surface area contributed by atoms with Crippen molar-refractivity contribution in [3.8, 4) is 16.9 Å². The number of amides is 1. The number of aromatic hydroxyl groups is 1. The van der Waals surface area contributed by atoms with Crippen LogP contribution in [0.4, 0.5) is 10.1 Å². The van der Waals surface area contributed by atoms with E-state index in [4.69, 9.17) is 0 Å². The van der Waals surface area contributed by atoms with Crippen molar-refractivity contribution in [2.45, 2.75) is 23.8 Å². The first-order valence-electron chi connectivity index (χ1n) is 12.7. The van der Waals surface area contributed by atoms with Crippen LogP contribution in [0.2, 0.25) is 0 Å². The van der Waals surface area contributed by atoms with Crippen molar-refractivity contribution in [1.82, 2.24) is 0 Å². The zero-order chi connectivity index (χ0) is 29.3. The lowest BCUT2D eigenvalue weighted by molar-refractivity contribution is -0.123. The van der Waals surface area contributed by atoms with Crippen molar-refractivity contribution in [2.75, 3.05) is 10.7 Å². The fourth-order valence-corrected chi connectivity index (χ4v) is 7.07. The Morgan fingerprint density at radius 1 is 0.902 bits per heavy atom. The number of aliphatic hydroxyl groups is 1. The van der Waals surface area contributed by atoms with E-state index in [1.54, 1.807) is 42.5 Å². The van der Waals surface area contributed by atoms with Gasteiger partial charge in [0.05, 0.1) is 17.5 Å². The van der Waals surface area contributed by atoms with Crippen LogP contribution < -0.4 is 10.2 Å². The number of phenols is 1. The van der Waals surface area contributed by atoms with E-state index in [0.29, 0.717) is 27.9 Å². The quantitative estimate of drug-likeness (QED) is 0.167. The minimum absolute atomic E-state index is 0.0127. The Hall–Kier alpha value is -3.66. The molecule has 1 saturated heterocycles. The number of carbonyl (C=O) groups excluding carboxylic acids is 1. The molecule has 0 radical (unpaired) electrons. The van der Waals surface area contributed by atoms with Gasteiger partial charge < -0.3 is 24.9 Å². The van der Waals surface area contributed by atoms with Crippen LogP contribution in [0, 0.1) is 5.82 Å². The van der Waals surface area contributed by atoms with Gasteiger partial charge in [-0.1, -0.05) is 54.6 Å². The molecule has 0 saturated carbocycles. The summed E-state index contributed by atoms with van der Waals surface area (Å²) in [5.41, 5.74) is 2.65. The van der Waals surface area contributed by atoms with Gasteiger partial charge in [0.25, 0.3) is 0 Å². The van der Waals surface area contributed by atoms with Gasteiger partial charge in [0.2, 0.25) is 5.91 Å². The van der Waals surface area contributed by atoms with Crippen molar-refractivity contribution in [3.63, 3.8) is 0 Å². The minimum atomic E-state index is -4.39. The normalized spacial score (nSPS) is 18.5. The molecule has 4 aromatic carbocycles. The lowest BCUT2D eigenvalue weighted by Crippen LogP contribution is -2.61. The van der Waals surface area contributed by atoms with E-state index >= 15 is 0 Å². The largest absolute Gasteiger partial charge is 0.508 e. The molecule has 0 bridgehead atoms. The molecule has 4 atom stereocenters. The highest BCUT2D eigenvalue weighted by Gasteiger charge is 2.53. The van der Waals surface area contributed by atoms with E-state index in [-0.39, 0.29) is 29.1 Å². The van der Waals surface area contributed by atoms with Gasteiger partial charge in [-0.05, 0) is 65.6 Å². The van der Waals surface area contributed by atoms with E-state index < -0.39 is 41.6 Å². The first-order valence-corrected chi connectivity index (χ1v) is 15.7. The van der Waals surface area contributed by atoms with Crippen molar-refractivity contribution in [1.29, 1.82) is 0 Å². The highest BCUT2D eigenvalue weighted by molar-refractivity contribution is 7.86. The molecule has 1 amide bonds. The second-order valence-electron chi connectivity index (χ2n) is 9.71. The van der Waals surface area contributed by atoms with Crippen LogP contribution in [0.5, 0.6) is 5.75 Å². The van der Waals surface area contributed by atoms with E-state index in [9.17, 15) is 38.0 Å². The lowest BCUT2D eigenvalue weighted by atomic mass is 9.90. The number of anilines is 1. The molecule has 1 heterocycles. The number of phenolic OH excluding ortho intramolecular Hbond substituents is 1. The third-order valence-corrected chi connectivity index (χ3v) is 9.73. The van der Waals surface area contributed by atoms with E-state index in [1.807, 2.05) is 0 Å². The maximum absolute atomic E-state index is 13.4. The standard InChI is InChI=1S/C30H27FNO7PS/c31-22-11-6-20(7-12-22)26(33)16-17-41(39)29-28(32(30(29)35)23-4-2-1-3-5-23)25-15-10-21(18-27(25)34)19-8-13-24(14-9-19)40(36,37)38/h1-15,18,26,28-29,33-34H,16-17H2,(H2,36,37,38). The zero-order valence-electron chi connectivity index (χ0n) is 21.6. The van der Waals surface area contributed by atoms with Crippen molar-refractivity contribution in [3.05, 3.63) is 114 Å². The van der Waals surface area contributed by atoms with Crippen LogP contribution in [0.15, 0.2) is 97.1 Å². The summed E-state index contributed by atoms with van der Waals surface area (Å²) in [6, 6.07) is 24.1. The molecule has 1 aliphatic heterocycles. The number of benzene rings is 4. The number of carbonyl (C=O) groups is 1. The number of hydrogen-bond acceptors (Lipinski definition) is 5. The molecule has 4 N–H and O–H groups in total. The molecule has 0 aliphatic carbocycles. The summed E-state index contributed by atoms with van der Waals surface area (Å²) in [6.45, 7) is 0. The molecule has 8 nitrogen and oxygen atoms in total. The Bertz CT molecular complexity index is 1630. The maximum atomic E-state index is 13.4. The van der Waals surface area contributed by atoms with Gasteiger partial charge in [-0.15, -0.1) is 0 Å². The average Bonchev–Trinajstić information content (AvgIpc) is 2.95. The van der Waals surface area contributed by atoms with Crippen LogP contribution in [0.25, 0.3) is 11.1 Å². The molecule has 5 rings (SSSR count). The number of rotatable bonds is 9. The summed E-state index contributed by atoms with van der Waals surface area (Å²) in [7, 11) is -6.10. The topological polar surface area (TPSA) is 135 Å². The Balaban J connectivity index is 1.41. The summed E-state index contributed by atoms with van der Waals surface area (Å²) in [5.74, 6) is -0.920. The molecule has 1 aliphatic rings. The molecule has 1 fully saturated rings. The van der Waals surface area contributed by atoms with Gasteiger partial charge in [-0.2, -0.15) is 0 Å². The summed E-state index contributed by atoms with van der Waals surface area (Å²) in [5, 5.41) is 20.5. The fraction of sp³-hybridized carbons (Fsp3) is 0.167.